The van der Waals surface area contributed by atoms with E-state index >= 15 is 0 Å². The first kappa shape index (κ1) is 12.1. The van der Waals surface area contributed by atoms with E-state index in [0.717, 1.165) is 12.1 Å². The first-order valence-electron chi connectivity index (χ1n) is 5.57. The maximum absolute atomic E-state index is 9.93. The van der Waals surface area contributed by atoms with Crippen LogP contribution in [-0.2, 0) is 6.54 Å². The predicted molar refractivity (Wildman–Crippen MR) is 67.9 cm³/mol. The fourth-order valence-electron chi connectivity index (χ4n) is 1.68. The van der Waals surface area contributed by atoms with E-state index in [9.17, 15) is 10.2 Å². The van der Waals surface area contributed by atoms with Crippen molar-refractivity contribution < 1.29 is 15.5 Å². The van der Waals surface area contributed by atoms with Crippen LogP contribution in [0.4, 0.5) is 0 Å². The summed E-state index contributed by atoms with van der Waals surface area (Å²) in [4.78, 5) is 1.30. The number of hydrogen-bond donors (Lipinski definition) is 3. The first-order valence-corrected chi connectivity index (χ1v) is 6.44. The van der Waals surface area contributed by atoms with E-state index in [1.165, 1.54) is 4.88 Å². The van der Waals surface area contributed by atoms with Gasteiger partial charge in [0.05, 0.1) is 4.88 Å². The molecule has 4 heteroatoms. The quantitative estimate of drug-likeness (QED) is 0.748. The van der Waals surface area contributed by atoms with Crippen molar-refractivity contribution in [3.63, 3.8) is 0 Å². The Morgan fingerprint density at radius 2 is 2.12 bits per heavy atom. The number of nitrogens with two attached hydrogens (primary N) is 1. The number of benzene rings is 1. The summed E-state index contributed by atoms with van der Waals surface area (Å²) in [6.45, 7) is 1.48. The fourth-order valence-corrected chi connectivity index (χ4v) is 2.38. The molecule has 90 valence electrons. The Bertz CT molecular complexity index is 456. The Morgan fingerprint density at radius 3 is 2.82 bits per heavy atom. The lowest BCUT2D eigenvalue weighted by Gasteiger charge is -2.09. The van der Waals surface area contributed by atoms with Crippen molar-refractivity contribution in [2.45, 2.75) is 12.6 Å². The monoisotopic (exact) mass is 250 g/mol. The van der Waals surface area contributed by atoms with Crippen LogP contribution >= 0.6 is 11.3 Å². The highest BCUT2D eigenvalue weighted by atomic mass is 32.1. The van der Waals surface area contributed by atoms with Crippen LogP contribution in [-0.4, -0.2) is 16.8 Å². The lowest BCUT2D eigenvalue weighted by atomic mass is 10.1. The van der Waals surface area contributed by atoms with Gasteiger partial charge in [0.15, 0.2) is 0 Å². The number of rotatable bonds is 5. The van der Waals surface area contributed by atoms with E-state index in [-0.39, 0.29) is 5.75 Å². The third-order valence-electron chi connectivity index (χ3n) is 2.57. The Morgan fingerprint density at radius 1 is 1.24 bits per heavy atom. The van der Waals surface area contributed by atoms with Gasteiger partial charge in [0.2, 0.25) is 0 Å². The second-order valence-corrected chi connectivity index (χ2v) is 4.95. The number of phenols is 1. The van der Waals surface area contributed by atoms with Gasteiger partial charge in [0, 0.05) is 0 Å². The van der Waals surface area contributed by atoms with E-state index in [0.29, 0.717) is 6.54 Å². The second-order valence-electron chi connectivity index (χ2n) is 3.92. The van der Waals surface area contributed by atoms with Crippen molar-refractivity contribution in [2.24, 2.45) is 0 Å². The standard InChI is InChI=1S/C13H15NO2S/c15-11-4-1-3-10(7-11)13(16)9-14-8-12-5-2-6-17-12/h1-7,13-16H,8-9H2/p+1/t13-/m0/s1. The van der Waals surface area contributed by atoms with Crippen molar-refractivity contribution in [3.05, 3.63) is 52.2 Å². The molecule has 17 heavy (non-hydrogen) atoms. The summed E-state index contributed by atoms with van der Waals surface area (Å²) < 4.78 is 0. The molecule has 1 aromatic heterocycles. The summed E-state index contributed by atoms with van der Waals surface area (Å²) in [7, 11) is 0. The minimum Gasteiger partial charge on any atom is -0.508 e. The van der Waals surface area contributed by atoms with Crippen molar-refractivity contribution in [1.82, 2.24) is 0 Å². The molecule has 0 unspecified atom stereocenters. The van der Waals surface area contributed by atoms with Crippen LogP contribution in [0.5, 0.6) is 5.75 Å². The van der Waals surface area contributed by atoms with Gasteiger partial charge in [-0.3, -0.25) is 0 Å². The highest BCUT2D eigenvalue weighted by Crippen LogP contribution is 2.16. The zero-order chi connectivity index (χ0) is 12.1. The van der Waals surface area contributed by atoms with E-state index in [2.05, 4.69) is 16.8 Å². The van der Waals surface area contributed by atoms with Crippen LogP contribution in [0.1, 0.15) is 16.5 Å². The molecule has 0 aliphatic carbocycles. The van der Waals surface area contributed by atoms with E-state index in [1.54, 1.807) is 29.5 Å². The van der Waals surface area contributed by atoms with Gasteiger partial charge in [-0.15, -0.1) is 11.3 Å². The number of quaternary nitrogens is 1. The number of thiophene rings is 1. The topological polar surface area (TPSA) is 57.1 Å². The smallest absolute Gasteiger partial charge is 0.128 e. The third-order valence-corrected chi connectivity index (χ3v) is 3.47. The molecule has 3 nitrogen and oxygen atoms in total. The molecule has 1 aromatic carbocycles. The number of aliphatic hydroxyl groups is 1. The second kappa shape index (κ2) is 5.82. The molecule has 0 saturated heterocycles. The summed E-state index contributed by atoms with van der Waals surface area (Å²) in [6.07, 6.45) is -0.540. The molecular formula is C13H16NO2S+. The van der Waals surface area contributed by atoms with Gasteiger partial charge < -0.3 is 15.5 Å². The lowest BCUT2D eigenvalue weighted by Crippen LogP contribution is -2.83. The molecule has 0 aliphatic rings. The van der Waals surface area contributed by atoms with E-state index in [4.69, 9.17) is 0 Å². The molecule has 0 fully saturated rings. The average molecular weight is 250 g/mol. The van der Waals surface area contributed by atoms with Crippen LogP contribution in [0.3, 0.4) is 0 Å². The summed E-state index contributed by atoms with van der Waals surface area (Å²) >= 11 is 1.72. The normalized spacial score (nSPS) is 12.5. The molecule has 0 radical (unpaired) electrons. The SMILES string of the molecule is Oc1cccc([C@@H](O)C[NH2+]Cc2cccs2)c1. The minimum absolute atomic E-state index is 0.194. The number of aromatic hydroxyl groups is 1. The maximum Gasteiger partial charge on any atom is 0.128 e. The zero-order valence-electron chi connectivity index (χ0n) is 9.41. The van der Waals surface area contributed by atoms with Crippen molar-refractivity contribution in [3.8, 4) is 5.75 Å². The molecule has 2 aromatic rings. The van der Waals surface area contributed by atoms with Crippen LogP contribution < -0.4 is 5.32 Å². The minimum atomic E-state index is -0.540. The fraction of sp³-hybridized carbons (Fsp3) is 0.231. The van der Waals surface area contributed by atoms with Gasteiger partial charge in [-0.1, -0.05) is 18.2 Å². The molecule has 0 bridgehead atoms. The first-order chi connectivity index (χ1) is 8.25. The van der Waals surface area contributed by atoms with Gasteiger partial charge in [-0.05, 0) is 29.1 Å². The maximum atomic E-state index is 9.93. The third kappa shape index (κ3) is 3.56. The number of phenolic OH excluding ortho intramolecular Hbond substituents is 1. The molecular weight excluding hydrogens is 234 g/mol. The molecule has 4 N–H and O–H groups in total. The van der Waals surface area contributed by atoms with Gasteiger partial charge in [0.1, 0.15) is 24.9 Å². The summed E-state index contributed by atoms with van der Waals surface area (Å²) in [5.41, 5.74) is 0.757. The van der Waals surface area contributed by atoms with E-state index < -0.39 is 6.10 Å². The average Bonchev–Trinajstić information content (AvgIpc) is 2.82. The van der Waals surface area contributed by atoms with E-state index in [1.807, 2.05) is 12.1 Å². The van der Waals surface area contributed by atoms with Crippen molar-refractivity contribution in [2.75, 3.05) is 6.54 Å². The molecule has 2 rings (SSSR count). The molecule has 1 heterocycles. The summed E-state index contributed by atoms with van der Waals surface area (Å²) in [6, 6.07) is 10.9. The van der Waals surface area contributed by atoms with Crippen molar-refractivity contribution in [1.29, 1.82) is 0 Å². The van der Waals surface area contributed by atoms with Crippen molar-refractivity contribution >= 4 is 11.3 Å². The van der Waals surface area contributed by atoms with Crippen LogP contribution in [0.2, 0.25) is 0 Å². The highest BCUT2D eigenvalue weighted by molar-refractivity contribution is 7.09. The van der Waals surface area contributed by atoms with Gasteiger partial charge in [-0.2, -0.15) is 0 Å². The summed E-state index contributed by atoms with van der Waals surface area (Å²) in [5, 5.41) is 23.4. The number of hydrogen-bond acceptors (Lipinski definition) is 3. The Hall–Kier alpha value is -1.36. The molecule has 0 aliphatic heterocycles. The predicted octanol–water partition coefficient (Wildman–Crippen LogP) is 1.25. The van der Waals surface area contributed by atoms with Gasteiger partial charge >= 0.3 is 0 Å². The highest BCUT2D eigenvalue weighted by Gasteiger charge is 2.10. The van der Waals surface area contributed by atoms with Crippen LogP contribution in [0.25, 0.3) is 0 Å². The molecule has 0 amide bonds. The Balaban J connectivity index is 1.83. The molecule has 0 spiro atoms. The molecule has 0 saturated carbocycles. The van der Waals surface area contributed by atoms with Gasteiger partial charge in [-0.25, -0.2) is 0 Å². The summed E-state index contributed by atoms with van der Waals surface area (Å²) in [5.74, 6) is 0.194. The molecule has 1 atom stereocenters. The van der Waals surface area contributed by atoms with Crippen LogP contribution in [0.15, 0.2) is 41.8 Å². The zero-order valence-corrected chi connectivity index (χ0v) is 10.2. The lowest BCUT2D eigenvalue weighted by molar-refractivity contribution is -0.677. The van der Waals surface area contributed by atoms with Gasteiger partial charge in [0.25, 0.3) is 0 Å². The largest absolute Gasteiger partial charge is 0.508 e. The number of aliphatic hydroxyl groups excluding tert-OH is 1. The van der Waals surface area contributed by atoms with Crippen LogP contribution in [0, 0.1) is 0 Å². The Labute approximate surface area is 104 Å². The Kier molecular flexibility index (Phi) is 4.14.